The smallest absolute Gasteiger partial charge is 0.404 e. The van der Waals surface area contributed by atoms with E-state index in [1.807, 2.05) is 30.3 Å². The molecule has 1 aromatic carbocycles. The van der Waals surface area contributed by atoms with Crippen LogP contribution in [0.3, 0.4) is 0 Å². The van der Waals surface area contributed by atoms with Gasteiger partial charge in [-0.05, 0) is 12.0 Å². The molecule has 1 heterocycles. The molecule has 2 atom stereocenters. The van der Waals surface area contributed by atoms with E-state index in [0.29, 0.717) is 5.69 Å². The number of ketones is 1. The van der Waals surface area contributed by atoms with Crippen molar-refractivity contribution in [1.29, 1.82) is 0 Å². The summed E-state index contributed by atoms with van der Waals surface area (Å²) < 4.78 is 4.57. The molecule has 7 nitrogen and oxygen atoms in total. The minimum absolute atomic E-state index is 0.0375. The molecule has 22 heavy (non-hydrogen) atoms. The Balaban J connectivity index is 0.000000160. The molecule has 1 aromatic heterocycles. The van der Waals surface area contributed by atoms with Gasteiger partial charge in [-0.15, -0.1) is 0 Å². The Bertz CT molecular complexity index is 613. The molecule has 7 heteroatoms. The number of hydrogen-bond acceptors (Lipinski definition) is 5. The average molecular weight is 302 g/mol. The fourth-order valence-corrected chi connectivity index (χ4v) is 1.84. The number of Topliss-reactive ketones (excluding diaryl/α,β-unsaturated/α-hetero) is 1. The summed E-state index contributed by atoms with van der Waals surface area (Å²) in [4.78, 5) is 28.0. The van der Waals surface area contributed by atoms with Crippen molar-refractivity contribution in [3.8, 4) is 0 Å². The number of aromatic nitrogens is 2. The molecule has 0 saturated heterocycles. The van der Waals surface area contributed by atoms with Crippen LogP contribution >= 0.6 is 0 Å². The first kappa shape index (κ1) is 15.7. The highest BCUT2D eigenvalue weighted by molar-refractivity contribution is 5.98. The monoisotopic (exact) mass is 302 g/mol. The number of carbonyl (C=O) groups is 2. The molecular formula is C15H18N4O3. The van der Waals surface area contributed by atoms with Crippen molar-refractivity contribution < 1.29 is 14.3 Å². The SMILES string of the molecule is NC(=O)OCc1ccccc1.N[C@@H]1C[C@@H]1C(=O)c1cnc[nH]1. The maximum absolute atomic E-state index is 11.3. The van der Waals surface area contributed by atoms with Gasteiger partial charge in [0.15, 0.2) is 5.78 Å². The quantitative estimate of drug-likeness (QED) is 0.732. The molecule has 1 fully saturated rings. The van der Waals surface area contributed by atoms with Gasteiger partial charge in [0.2, 0.25) is 0 Å². The Labute approximate surface area is 127 Å². The van der Waals surface area contributed by atoms with Gasteiger partial charge in [0.05, 0.1) is 12.5 Å². The van der Waals surface area contributed by atoms with Crippen LogP contribution in [0.5, 0.6) is 0 Å². The number of primary amides is 1. The zero-order valence-corrected chi connectivity index (χ0v) is 11.9. The fraction of sp³-hybridized carbons (Fsp3) is 0.267. The summed E-state index contributed by atoms with van der Waals surface area (Å²) in [6.07, 6.45) is 3.11. The first-order valence-electron chi connectivity index (χ1n) is 6.82. The van der Waals surface area contributed by atoms with E-state index >= 15 is 0 Å². The van der Waals surface area contributed by atoms with Crippen LogP contribution in [0.4, 0.5) is 4.79 Å². The minimum atomic E-state index is -0.742. The van der Waals surface area contributed by atoms with Gasteiger partial charge in [-0.3, -0.25) is 4.79 Å². The van der Waals surface area contributed by atoms with E-state index in [0.717, 1.165) is 12.0 Å². The number of nitrogens with two attached hydrogens (primary N) is 2. The Hall–Kier alpha value is -2.67. The van der Waals surface area contributed by atoms with Crippen LogP contribution in [0, 0.1) is 5.92 Å². The van der Waals surface area contributed by atoms with Crippen LogP contribution in [0.1, 0.15) is 22.5 Å². The second kappa shape index (κ2) is 7.37. The third-order valence-corrected chi connectivity index (χ3v) is 3.16. The molecule has 116 valence electrons. The highest BCUT2D eigenvalue weighted by Gasteiger charge is 2.40. The van der Waals surface area contributed by atoms with Crippen molar-refractivity contribution >= 4 is 11.9 Å². The van der Waals surface area contributed by atoms with E-state index in [2.05, 4.69) is 14.7 Å². The van der Waals surface area contributed by atoms with Gasteiger partial charge in [0, 0.05) is 12.0 Å². The van der Waals surface area contributed by atoms with Crippen molar-refractivity contribution in [2.45, 2.75) is 19.1 Å². The lowest BCUT2D eigenvalue weighted by molar-refractivity contribution is 0.0961. The molecular weight excluding hydrogens is 284 g/mol. The molecule has 0 aliphatic heterocycles. The van der Waals surface area contributed by atoms with Crippen molar-refractivity contribution in [1.82, 2.24) is 9.97 Å². The average Bonchev–Trinajstić information content (AvgIpc) is 3.03. The normalized spacial score (nSPS) is 18.8. The Kier molecular flexibility index (Phi) is 5.26. The third kappa shape index (κ3) is 4.71. The molecule has 1 aliphatic rings. The van der Waals surface area contributed by atoms with Gasteiger partial charge >= 0.3 is 6.09 Å². The van der Waals surface area contributed by atoms with E-state index in [-0.39, 0.29) is 24.3 Å². The van der Waals surface area contributed by atoms with Gasteiger partial charge in [-0.1, -0.05) is 30.3 Å². The fourth-order valence-electron chi connectivity index (χ4n) is 1.84. The van der Waals surface area contributed by atoms with E-state index in [1.54, 1.807) is 0 Å². The van der Waals surface area contributed by atoms with Crippen LogP contribution in [0.15, 0.2) is 42.9 Å². The lowest BCUT2D eigenvalue weighted by atomic mass is 10.2. The van der Waals surface area contributed by atoms with Crippen LogP contribution in [-0.2, 0) is 11.3 Å². The van der Waals surface area contributed by atoms with E-state index in [1.165, 1.54) is 12.5 Å². The van der Waals surface area contributed by atoms with Crippen molar-refractivity contribution in [2.75, 3.05) is 0 Å². The maximum atomic E-state index is 11.3. The third-order valence-electron chi connectivity index (χ3n) is 3.16. The molecule has 0 unspecified atom stereocenters. The van der Waals surface area contributed by atoms with Crippen LogP contribution in [-0.4, -0.2) is 27.9 Å². The van der Waals surface area contributed by atoms with Gasteiger partial charge in [-0.2, -0.15) is 0 Å². The molecule has 0 spiro atoms. The topological polar surface area (TPSA) is 124 Å². The first-order chi connectivity index (χ1) is 10.6. The van der Waals surface area contributed by atoms with Crippen LogP contribution in [0.2, 0.25) is 0 Å². The number of H-pyrrole nitrogens is 1. The summed E-state index contributed by atoms with van der Waals surface area (Å²) in [5, 5.41) is 0. The number of nitrogens with one attached hydrogen (secondary N) is 1. The Morgan fingerprint density at radius 1 is 1.32 bits per heavy atom. The second-order valence-corrected chi connectivity index (χ2v) is 4.93. The number of ether oxygens (including phenoxy) is 1. The number of amides is 1. The zero-order chi connectivity index (χ0) is 15.9. The highest BCUT2D eigenvalue weighted by Crippen LogP contribution is 2.30. The van der Waals surface area contributed by atoms with E-state index in [4.69, 9.17) is 11.5 Å². The highest BCUT2D eigenvalue weighted by atomic mass is 16.5. The van der Waals surface area contributed by atoms with Crippen molar-refractivity contribution in [2.24, 2.45) is 17.4 Å². The number of imidazole rings is 1. The van der Waals surface area contributed by atoms with Gasteiger partial charge in [-0.25, -0.2) is 9.78 Å². The maximum Gasteiger partial charge on any atom is 0.404 e. The van der Waals surface area contributed by atoms with E-state index < -0.39 is 6.09 Å². The molecule has 3 rings (SSSR count). The summed E-state index contributed by atoms with van der Waals surface area (Å²) in [5.74, 6) is 0.130. The molecule has 1 amide bonds. The van der Waals surface area contributed by atoms with Crippen LogP contribution < -0.4 is 11.5 Å². The molecule has 0 radical (unpaired) electrons. The number of aromatic amines is 1. The second-order valence-electron chi connectivity index (χ2n) is 4.93. The lowest BCUT2D eigenvalue weighted by Gasteiger charge is -1.99. The summed E-state index contributed by atoms with van der Waals surface area (Å²) in [5.41, 5.74) is 11.8. The number of benzene rings is 1. The van der Waals surface area contributed by atoms with Crippen molar-refractivity contribution in [3.05, 3.63) is 54.1 Å². The Morgan fingerprint density at radius 2 is 2.00 bits per heavy atom. The number of carbonyl (C=O) groups excluding carboxylic acids is 2. The summed E-state index contributed by atoms with van der Waals surface area (Å²) in [7, 11) is 0. The first-order valence-corrected chi connectivity index (χ1v) is 6.82. The van der Waals surface area contributed by atoms with Crippen LogP contribution in [0.25, 0.3) is 0 Å². The van der Waals surface area contributed by atoms with Crippen molar-refractivity contribution in [3.63, 3.8) is 0 Å². The Morgan fingerprint density at radius 3 is 2.50 bits per heavy atom. The largest absolute Gasteiger partial charge is 0.445 e. The molecule has 2 aromatic rings. The number of hydrogen-bond donors (Lipinski definition) is 3. The van der Waals surface area contributed by atoms with Gasteiger partial charge < -0.3 is 21.2 Å². The molecule has 1 saturated carbocycles. The number of nitrogens with zero attached hydrogens (tertiary/aromatic N) is 1. The zero-order valence-electron chi connectivity index (χ0n) is 11.9. The molecule has 5 N–H and O–H groups in total. The predicted octanol–water partition coefficient (Wildman–Crippen LogP) is 1.22. The van der Waals surface area contributed by atoms with Gasteiger partial charge in [0.25, 0.3) is 0 Å². The standard InChI is InChI=1S/C8H9NO2.C7H9N3O/c9-8(10)11-6-7-4-2-1-3-5-7;8-5-1-4(5)7(11)6-2-9-3-10-6/h1-5H,6H2,(H2,9,10);2-5H,1,8H2,(H,9,10)/t;4-,5+/m.0/s1. The van der Waals surface area contributed by atoms with Gasteiger partial charge in [0.1, 0.15) is 12.3 Å². The summed E-state index contributed by atoms with van der Waals surface area (Å²) in [6.45, 7) is 0.246. The predicted molar refractivity (Wildman–Crippen MR) is 79.8 cm³/mol. The lowest BCUT2D eigenvalue weighted by Crippen LogP contribution is -2.12. The minimum Gasteiger partial charge on any atom is -0.445 e. The number of rotatable bonds is 4. The summed E-state index contributed by atoms with van der Waals surface area (Å²) >= 11 is 0. The van der Waals surface area contributed by atoms with E-state index in [9.17, 15) is 9.59 Å². The molecule has 1 aliphatic carbocycles. The molecule has 0 bridgehead atoms. The summed E-state index contributed by atoms with van der Waals surface area (Å²) in [6, 6.07) is 9.45.